The molecule has 1 saturated heterocycles. The van der Waals surface area contributed by atoms with E-state index in [1.807, 2.05) is 56.1 Å². The van der Waals surface area contributed by atoms with Gasteiger partial charge in [-0.3, -0.25) is 19.4 Å². The standard InChI is InChI=1S/C37H44N4O7.Ac/c1-18-13-23-14-26-37(46)41-25(31(40(26)5)29(23)33(44)19(18)2)15-24-30(35-34(47-17-48-35)20(3)32(24)43)27(41)16-38-36(45)21(4)39-28(42)12-11-22-9-7-6-8-10-22;/h6-10,13,21,25-27,31,37,43-44,46H,11-12,14-17H2,1-5H3,(H,38,45)(H,39,42);/t21-,25?,26+,27-,31-,37-;/m0./s1. The number of piperazine rings is 1. The summed E-state index contributed by atoms with van der Waals surface area (Å²) < 4.78 is 11.8. The molecule has 7 rings (SSSR count). The Bertz CT molecular complexity index is 1790. The summed E-state index contributed by atoms with van der Waals surface area (Å²) in [5.74, 6) is 0.734. The molecule has 5 N–H and O–H groups in total. The van der Waals surface area contributed by atoms with Gasteiger partial charge in [-0.15, -0.1) is 0 Å². The molecule has 4 aliphatic heterocycles. The molecule has 0 aliphatic carbocycles. The Morgan fingerprint density at radius 2 is 1.69 bits per heavy atom. The zero-order valence-electron chi connectivity index (χ0n) is 28.6. The van der Waals surface area contributed by atoms with Crippen LogP contribution in [0, 0.1) is 64.8 Å². The maximum absolute atomic E-state index is 13.5. The maximum atomic E-state index is 13.5. The molecule has 0 saturated carbocycles. The Labute approximate surface area is 322 Å². The molecule has 1 radical (unpaired) electrons. The summed E-state index contributed by atoms with van der Waals surface area (Å²) in [6, 6.07) is 9.50. The average molecular weight is 884 g/mol. The number of nitrogens with one attached hydrogen (secondary N) is 2. The van der Waals surface area contributed by atoms with Gasteiger partial charge in [-0.05, 0) is 76.3 Å². The molecule has 6 atom stereocenters. The van der Waals surface area contributed by atoms with E-state index in [1.54, 1.807) is 13.8 Å². The first-order chi connectivity index (χ1) is 23.0. The van der Waals surface area contributed by atoms with Crippen molar-refractivity contribution >= 4 is 11.8 Å². The Kier molecular flexibility index (Phi) is 10.3. The fraction of sp³-hybridized carbons (Fsp3) is 0.459. The third-order valence-electron chi connectivity index (χ3n) is 11.0. The molecule has 2 amide bonds. The van der Waals surface area contributed by atoms with Gasteiger partial charge >= 0.3 is 0 Å². The van der Waals surface area contributed by atoms with E-state index in [0.717, 1.165) is 27.8 Å². The van der Waals surface area contributed by atoms with Gasteiger partial charge in [0.1, 0.15) is 23.8 Å². The number of carbonyl (C=O) groups excluding carboxylic acids is 2. The van der Waals surface area contributed by atoms with E-state index in [4.69, 9.17) is 9.47 Å². The third kappa shape index (κ3) is 6.12. The normalized spacial score (nSPS) is 24.2. The number of carbonyl (C=O) groups is 2. The van der Waals surface area contributed by atoms with Crippen LogP contribution in [0.2, 0.25) is 0 Å². The molecule has 0 spiro atoms. The quantitative estimate of drug-likeness (QED) is 0.242. The summed E-state index contributed by atoms with van der Waals surface area (Å²) >= 11 is 0. The molecule has 49 heavy (non-hydrogen) atoms. The van der Waals surface area contributed by atoms with Crippen molar-refractivity contribution in [2.24, 2.45) is 0 Å². The number of amides is 2. The summed E-state index contributed by atoms with van der Waals surface area (Å²) in [4.78, 5) is 30.4. The van der Waals surface area contributed by atoms with Gasteiger partial charge in [-0.1, -0.05) is 36.4 Å². The van der Waals surface area contributed by atoms with Gasteiger partial charge in [0.2, 0.25) is 18.6 Å². The van der Waals surface area contributed by atoms with Gasteiger partial charge in [0.25, 0.3) is 0 Å². The minimum absolute atomic E-state index is 0. The minimum atomic E-state index is -0.931. The number of nitrogens with zero attached hydrogens (tertiary/aromatic N) is 2. The number of likely N-dealkylation sites (N-methyl/N-ethyl adjacent to an activating group) is 1. The number of phenolic OH excluding ortho intramolecular Hbond substituents is 2. The third-order valence-corrected chi connectivity index (χ3v) is 11.0. The van der Waals surface area contributed by atoms with E-state index in [2.05, 4.69) is 21.6 Å². The van der Waals surface area contributed by atoms with Crippen molar-refractivity contribution in [1.29, 1.82) is 0 Å². The molecular weight excluding hydrogens is 839 g/mol. The molecule has 3 aromatic rings. The number of aryl methyl sites for hydroxylation is 2. The smallest absolute Gasteiger partial charge is 0.242 e. The van der Waals surface area contributed by atoms with Crippen molar-refractivity contribution in [3.8, 4) is 23.0 Å². The fourth-order valence-electron chi connectivity index (χ4n) is 8.35. The number of hydrogen-bond acceptors (Lipinski definition) is 9. The molecule has 2 bridgehead atoms. The average Bonchev–Trinajstić information content (AvgIpc) is 3.57. The molecule has 1 fully saturated rings. The second kappa shape index (κ2) is 14.0. The number of fused-ring (bicyclic) bond motifs is 9. The Balaban J connectivity index is 0.00000417. The van der Waals surface area contributed by atoms with Crippen molar-refractivity contribution in [1.82, 2.24) is 20.4 Å². The Hall–Kier alpha value is -2.88. The summed E-state index contributed by atoms with van der Waals surface area (Å²) in [7, 11) is 1.98. The predicted molar refractivity (Wildman–Crippen MR) is 178 cm³/mol. The van der Waals surface area contributed by atoms with Crippen LogP contribution in [0.3, 0.4) is 0 Å². The first-order valence-corrected chi connectivity index (χ1v) is 16.7. The number of ether oxygens (including phenoxy) is 2. The zero-order valence-corrected chi connectivity index (χ0v) is 33.4. The number of hydrogen-bond donors (Lipinski definition) is 5. The van der Waals surface area contributed by atoms with Crippen molar-refractivity contribution in [2.75, 3.05) is 20.4 Å². The van der Waals surface area contributed by atoms with E-state index in [0.29, 0.717) is 47.5 Å². The molecular formula is C37H44AcN4O7. The second-order valence-corrected chi connectivity index (χ2v) is 13.7. The van der Waals surface area contributed by atoms with Crippen molar-refractivity contribution in [3.63, 3.8) is 0 Å². The van der Waals surface area contributed by atoms with Crippen LogP contribution in [-0.4, -0.2) is 81.7 Å². The molecule has 11 nitrogen and oxygen atoms in total. The summed E-state index contributed by atoms with van der Waals surface area (Å²) in [5, 5.41) is 41.1. The molecule has 4 aliphatic rings. The van der Waals surface area contributed by atoms with Crippen molar-refractivity contribution < 1.29 is 78.4 Å². The fourth-order valence-corrected chi connectivity index (χ4v) is 8.35. The largest absolute Gasteiger partial charge is 0.507 e. The number of aliphatic hydroxyl groups is 1. The Morgan fingerprint density at radius 1 is 0.980 bits per heavy atom. The van der Waals surface area contributed by atoms with Gasteiger partial charge in [0.05, 0.1) is 18.1 Å². The first kappa shape index (κ1) is 35.9. The molecule has 3 aromatic carbocycles. The minimum Gasteiger partial charge on any atom is -0.507 e. The van der Waals surface area contributed by atoms with Crippen LogP contribution in [0.4, 0.5) is 0 Å². The van der Waals surface area contributed by atoms with Crippen LogP contribution in [0.15, 0.2) is 36.4 Å². The molecule has 4 heterocycles. The summed E-state index contributed by atoms with van der Waals surface area (Å²) in [6.45, 7) is 7.42. The van der Waals surface area contributed by atoms with Gasteiger partial charge in [0.15, 0.2) is 11.5 Å². The van der Waals surface area contributed by atoms with E-state index in [1.165, 1.54) is 0 Å². The number of benzene rings is 3. The maximum Gasteiger partial charge on any atom is 0.242 e. The van der Waals surface area contributed by atoms with Gasteiger partial charge in [-0.2, -0.15) is 0 Å². The van der Waals surface area contributed by atoms with Crippen LogP contribution in [0.5, 0.6) is 23.0 Å². The van der Waals surface area contributed by atoms with Crippen LogP contribution in [0.1, 0.15) is 69.9 Å². The molecule has 1 unspecified atom stereocenters. The van der Waals surface area contributed by atoms with Crippen molar-refractivity contribution in [2.45, 2.75) is 89.8 Å². The monoisotopic (exact) mass is 883 g/mol. The predicted octanol–water partition coefficient (Wildman–Crippen LogP) is 3.20. The number of aromatic hydroxyl groups is 2. The zero-order chi connectivity index (χ0) is 34.0. The van der Waals surface area contributed by atoms with E-state index < -0.39 is 18.3 Å². The molecule has 12 heteroatoms. The number of aliphatic hydroxyl groups excluding tert-OH is 1. The topological polar surface area (TPSA) is 144 Å². The van der Waals surface area contributed by atoms with Crippen LogP contribution in [0.25, 0.3) is 0 Å². The number of rotatable bonds is 7. The summed E-state index contributed by atoms with van der Waals surface area (Å²) in [6.07, 6.45) is 0.807. The van der Waals surface area contributed by atoms with Gasteiger partial charge < -0.3 is 35.4 Å². The second-order valence-electron chi connectivity index (χ2n) is 13.7. The first-order valence-electron chi connectivity index (χ1n) is 16.7. The van der Waals surface area contributed by atoms with Crippen LogP contribution < -0.4 is 20.1 Å². The SMILES string of the molecule is Cc1cc2c(c(O)c1C)[C@@H]1C3Cc4c(O)c(C)c5c(c4[C@H](CNC(=O)[C@H](C)NC(=O)CCc4ccccc4)N3[C@@H](O)[C@@H](C2)N1C)OCO5.[Ac]. The van der Waals surface area contributed by atoms with Gasteiger partial charge in [-0.25, -0.2) is 0 Å². The molecule has 257 valence electrons. The van der Waals surface area contributed by atoms with E-state index >= 15 is 0 Å². The van der Waals surface area contributed by atoms with Gasteiger partial charge in [0, 0.05) is 85.3 Å². The Morgan fingerprint density at radius 3 is 2.43 bits per heavy atom. The van der Waals surface area contributed by atoms with Crippen molar-refractivity contribution in [3.05, 3.63) is 80.9 Å². The van der Waals surface area contributed by atoms with Crippen LogP contribution in [-0.2, 0) is 28.9 Å². The van der Waals surface area contributed by atoms with Crippen LogP contribution >= 0.6 is 0 Å². The molecule has 0 aromatic heterocycles. The summed E-state index contributed by atoms with van der Waals surface area (Å²) in [5.41, 5.74) is 6.64. The van der Waals surface area contributed by atoms with E-state index in [-0.39, 0.29) is 105 Å². The van der Waals surface area contributed by atoms with E-state index in [9.17, 15) is 24.9 Å². The number of phenols is 2.